The molecule has 0 amide bonds. The highest BCUT2D eigenvalue weighted by atomic mass is 16.3. The Bertz CT molecular complexity index is 1770. The SMILES string of the molecule is c1ccc(-c2ccc3oc4c(-c5ccc6c(c5)[nH]c5ccccc56)cccc4c3c2)cc1. The summed E-state index contributed by atoms with van der Waals surface area (Å²) >= 11 is 0. The second-order valence-corrected chi connectivity index (χ2v) is 8.29. The fraction of sp³-hybridized carbons (Fsp3) is 0. The van der Waals surface area contributed by atoms with Crippen LogP contribution in [0.1, 0.15) is 0 Å². The summed E-state index contributed by atoms with van der Waals surface area (Å²) in [5.74, 6) is 0. The molecule has 0 spiro atoms. The molecular formula is C30H19NO. The van der Waals surface area contributed by atoms with Gasteiger partial charge in [0.2, 0.25) is 0 Å². The number of benzene rings is 5. The Morgan fingerprint density at radius 2 is 1.25 bits per heavy atom. The van der Waals surface area contributed by atoms with E-state index in [0.29, 0.717) is 0 Å². The Morgan fingerprint density at radius 3 is 2.19 bits per heavy atom. The van der Waals surface area contributed by atoms with Crippen molar-refractivity contribution in [2.24, 2.45) is 0 Å². The Balaban J connectivity index is 1.44. The van der Waals surface area contributed by atoms with Crippen LogP contribution >= 0.6 is 0 Å². The van der Waals surface area contributed by atoms with Crippen molar-refractivity contribution < 1.29 is 4.42 Å². The third kappa shape index (κ3) is 2.53. The summed E-state index contributed by atoms with van der Waals surface area (Å²) in [6.45, 7) is 0. The molecule has 2 heteroatoms. The molecule has 0 radical (unpaired) electrons. The van der Waals surface area contributed by atoms with Crippen LogP contribution in [0.5, 0.6) is 0 Å². The van der Waals surface area contributed by atoms with Crippen molar-refractivity contribution in [3.63, 3.8) is 0 Å². The largest absolute Gasteiger partial charge is 0.455 e. The van der Waals surface area contributed by atoms with E-state index in [4.69, 9.17) is 4.42 Å². The molecule has 2 heterocycles. The van der Waals surface area contributed by atoms with Gasteiger partial charge in [0.15, 0.2) is 0 Å². The summed E-state index contributed by atoms with van der Waals surface area (Å²) in [7, 11) is 0. The number of aromatic amines is 1. The number of furan rings is 1. The van der Waals surface area contributed by atoms with E-state index in [0.717, 1.165) is 44.1 Å². The van der Waals surface area contributed by atoms with Crippen LogP contribution < -0.4 is 0 Å². The van der Waals surface area contributed by atoms with Gasteiger partial charge in [-0.05, 0) is 41.0 Å². The summed E-state index contributed by atoms with van der Waals surface area (Å²) in [6, 6.07) is 38.4. The van der Waals surface area contributed by atoms with Crippen LogP contribution in [-0.4, -0.2) is 4.98 Å². The van der Waals surface area contributed by atoms with E-state index in [1.54, 1.807) is 0 Å². The lowest BCUT2D eigenvalue weighted by Crippen LogP contribution is -1.79. The number of H-pyrrole nitrogens is 1. The van der Waals surface area contributed by atoms with Gasteiger partial charge < -0.3 is 9.40 Å². The van der Waals surface area contributed by atoms with Crippen molar-refractivity contribution in [3.05, 3.63) is 109 Å². The first-order valence-corrected chi connectivity index (χ1v) is 10.9. The first kappa shape index (κ1) is 17.4. The van der Waals surface area contributed by atoms with Gasteiger partial charge in [-0.15, -0.1) is 0 Å². The maximum Gasteiger partial charge on any atom is 0.143 e. The molecule has 0 aliphatic heterocycles. The van der Waals surface area contributed by atoms with Crippen molar-refractivity contribution in [3.8, 4) is 22.3 Å². The molecule has 0 saturated heterocycles. The van der Waals surface area contributed by atoms with Gasteiger partial charge in [-0.2, -0.15) is 0 Å². The van der Waals surface area contributed by atoms with Gasteiger partial charge in [-0.3, -0.25) is 0 Å². The molecule has 0 aliphatic carbocycles. The lowest BCUT2D eigenvalue weighted by molar-refractivity contribution is 0.670. The Labute approximate surface area is 184 Å². The topological polar surface area (TPSA) is 28.9 Å². The monoisotopic (exact) mass is 409 g/mol. The molecule has 2 nitrogen and oxygen atoms in total. The smallest absolute Gasteiger partial charge is 0.143 e. The number of hydrogen-bond donors (Lipinski definition) is 1. The number of para-hydroxylation sites is 2. The Hall–Kier alpha value is -4.30. The van der Waals surface area contributed by atoms with Crippen molar-refractivity contribution in [1.29, 1.82) is 0 Å². The second-order valence-electron chi connectivity index (χ2n) is 8.29. The molecule has 0 aliphatic rings. The zero-order valence-electron chi connectivity index (χ0n) is 17.3. The van der Waals surface area contributed by atoms with Crippen molar-refractivity contribution in [1.82, 2.24) is 4.98 Å². The molecule has 0 atom stereocenters. The molecule has 0 fully saturated rings. The molecule has 150 valence electrons. The van der Waals surface area contributed by atoms with Gasteiger partial charge >= 0.3 is 0 Å². The number of fused-ring (bicyclic) bond motifs is 6. The van der Waals surface area contributed by atoms with Gasteiger partial charge in [-0.1, -0.05) is 84.9 Å². The van der Waals surface area contributed by atoms with Crippen LogP contribution in [0.2, 0.25) is 0 Å². The predicted molar refractivity (Wildman–Crippen MR) is 134 cm³/mol. The molecular weight excluding hydrogens is 390 g/mol. The minimum absolute atomic E-state index is 0.916. The van der Waals surface area contributed by atoms with Crippen molar-refractivity contribution in [2.45, 2.75) is 0 Å². The van der Waals surface area contributed by atoms with E-state index in [9.17, 15) is 0 Å². The summed E-state index contributed by atoms with van der Waals surface area (Å²) < 4.78 is 6.39. The van der Waals surface area contributed by atoms with Crippen LogP contribution in [0.25, 0.3) is 66.0 Å². The molecule has 7 rings (SSSR count). The zero-order valence-corrected chi connectivity index (χ0v) is 17.3. The van der Waals surface area contributed by atoms with E-state index >= 15 is 0 Å². The lowest BCUT2D eigenvalue weighted by atomic mass is 9.99. The highest BCUT2D eigenvalue weighted by Gasteiger charge is 2.14. The average molecular weight is 409 g/mol. The molecule has 1 N–H and O–H groups in total. The fourth-order valence-corrected chi connectivity index (χ4v) is 4.86. The van der Waals surface area contributed by atoms with Crippen LogP contribution in [-0.2, 0) is 0 Å². The number of nitrogens with one attached hydrogen (secondary N) is 1. The van der Waals surface area contributed by atoms with Crippen LogP contribution in [0, 0.1) is 0 Å². The standard InChI is InChI=1S/C30H19NO/c1-2-7-19(8-3-1)20-14-16-29-26(17-20)25-11-6-10-22(30(25)32-29)21-13-15-24-23-9-4-5-12-27(23)31-28(24)18-21/h1-18,31H. The van der Waals surface area contributed by atoms with Gasteiger partial charge in [0, 0.05) is 38.1 Å². The molecule has 0 bridgehead atoms. The Morgan fingerprint density at radius 1 is 0.469 bits per heavy atom. The van der Waals surface area contributed by atoms with Gasteiger partial charge in [0.1, 0.15) is 11.2 Å². The molecule has 32 heavy (non-hydrogen) atoms. The first-order chi connectivity index (χ1) is 15.8. The normalized spacial score (nSPS) is 11.8. The average Bonchev–Trinajstić information content (AvgIpc) is 3.41. The third-order valence-corrected chi connectivity index (χ3v) is 6.42. The number of rotatable bonds is 2. The lowest BCUT2D eigenvalue weighted by Gasteiger charge is -2.03. The summed E-state index contributed by atoms with van der Waals surface area (Å²) in [5, 5.41) is 4.79. The maximum absolute atomic E-state index is 6.39. The first-order valence-electron chi connectivity index (χ1n) is 10.9. The number of hydrogen-bond acceptors (Lipinski definition) is 1. The van der Waals surface area contributed by atoms with Gasteiger partial charge in [-0.25, -0.2) is 0 Å². The predicted octanol–water partition coefficient (Wildman–Crippen LogP) is 8.55. The number of aromatic nitrogens is 1. The van der Waals surface area contributed by atoms with E-state index in [2.05, 4.69) is 108 Å². The Kier molecular flexibility index (Phi) is 3.58. The second kappa shape index (κ2) is 6.60. The molecule has 0 unspecified atom stereocenters. The molecule has 0 saturated carbocycles. The minimum Gasteiger partial charge on any atom is -0.455 e. The van der Waals surface area contributed by atoms with E-state index < -0.39 is 0 Å². The van der Waals surface area contributed by atoms with Gasteiger partial charge in [0.05, 0.1) is 0 Å². The maximum atomic E-state index is 6.39. The fourth-order valence-electron chi connectivity index (χ4n) is 4.86. The quantitative estimate of drug-likeness (QED) is 0.304. The molecule has 2 aromatic heterocycles. The highest BCUT2D eigenvalue weighted by molar-refractivity contribution is 6.12. The minimum atomic E-state index is 0.916. The van der Waals surface area contributed by atoms with Crippen LogP contribution in [0.4, 0.5) is 0 Å². The van der Waals surface area contributed by atoms with E-state index in [1.807, 2.05) is 6.07 Å². The van der Waals surface area contributed by atoms with Crippen LogP contribution in [0.15, 0.2) is 114 Å². The van der Waals surface area contributed by atoms with Gasteiger partial charge in [0.25, 0.3) is 0 Å². The summed E-state index contributed by atoms with van der Waals surface area (Å²) in [4.78, 5) is 3.56. The summed E-state index contributed by atoms with van der Waals surface area (Å²) in [6.07, 6.45) is 0. The molecule has 5 aromatic carbocycles. The molecule has 7 aromatic rings. The van der Waals surface area contributed by atoms with Crippen molar-refractivity contribution >= 4 is 43.7 Å². The van der Waals surface area contributed by atoms with Crippen LogP contribution in [0.3, 0.4) is 0 Å². The van der Waals surface area contributed by atoms with E-state index in [1.165, 1.54) is 21.9 Å². The van der Waals surface area contributed by atoms with E-state index in [-0.39, 0.29) is 0 Å². The van der Waals surface area contributed by atoms with Crippen molar-refractivity contribution in [2.75, 3.05) is 0 Å². The highest BCUT2D eigenvalue weighted by Crippen LogP contribution is 2.38. The third-order valence-electron chi connectivity index (χ3n) is 6.42. The summed E-state index contributed by atoms with van der Waals surface area (Å²) in [5.41, 5.74) is 8.83. The zero-order chi connectivity index (χ0) is 21.1.